The van der Waals surface area contributed by atoms with Crippen LogP contribution in [0.3, 0.4) is 0 Å². The van der Waals surface area contributed by atoms with Gasteiger partial charge in [0, 0.05) is 13.0 Å². The summed E-state index contributed by atoms with van der Waals surface area (Å²) in [6, 6.07) is 0. The Bertz CT molecular complexity index is 1040. The van der Waals surface area contributed by atoms with Crippen LogP contribution in [0.2, 0.25) is 0 Å². The summed E-state index contributed by atoms with van der Waals surface area (Å²) in [6.07, 6.45) is 59.1. The zero-order chi connectivity index (χ0) is 48.1. The highest BCUT2D eigenvalue weighted by molar-refractivity contribution is 7.47. The molecule has 0 fully saturated rings. The van der Waals surface area contributed by atoms with E-state index < -0.39 is 33.2 Å². The molecule has 9 nitrogen and oxygen atoms in total. The molecule has 0 aromatic carbocycles. The molecule has 3 atom stereocenters. The van der Waals surface area contributed by atoms with E-state index in [1.165, 1.54) is 244 Å². The number of ether oxygens (including phenoxy) is 2. The summed E-state index contributed by atoms with van der Waals surface area (Å²) < 4.78 is 33.6. The van der Waals surface area contributed by atoms with E-state index in [-0.39, 0.29) is 25.6 Å². The van der Waals surface area contributed by atoms with Gasteiger partial charge in [-0.2, -0.15) is 0 Å². The molecular formula is C56H111O9P. The van der Waals surface area contributed by atoms with Crippen molar-refractivity contribution in [3.05, 3.63) is 12.2 Å². The molecule has 0 aromatic rings. The van der Waals surface area contributed by atoms with Crippen LogP contribution < -0.4 is 0 Å². The van der Waals surface area contributed by atoms with Crippen LogP contribution in [0, 0.1) is 0 Å². The van der Waals surface area contributed by atoms with Gasteiger partial charge in [0.15, 0.2) is 0 Å². The number of rotatable bonds is 56. The number of allylic oxidation sites excluding steroid dienone is 2. The van der Waals surface area contributed by atoms with Gasteiger partial charge in [-0.15, -0.1) is 0 Å². The van der Waals surface area contributed by atoms with Crippen LogP contribution in [-0.4, -0.2) is 66.3 Å². The number of carbonyl (C=O) groups excluding carboxylic acids is 1. The SMILES string of the molecule is CCCCCCCCCC/C=C\CCCCCCCCCCCCOCC(COP(=O)(O)OCC(O)CO)OC(=O)CCCCCCCCCCCCCCCCCCCCCCCCC. The number of hydrogen-bond acceptors (Lipinski definition) is 8. The van der Waals surface area contributed by atoms with Gasteiger partial charge in [0.05, 0.1) is 26.4 Å². The third-order valence-electron chi connectivity index (χ3n) is 13.0. The molecule has 0 saturated carbocycles. The summed E-state index contributed by atoms with van der Waals surface area (Å²) in [6.45, 7) is 3.60. The van der Waals surface area contributed by atoms with Gasteiger partial charge < -0.3 is 24.6 Å². The van der Waals surface area contributed by atoms with Crippen molar-refractivity contribution in [2.24, 2.45) is 0 Å². The largest absolute Gasteiger partial charge is 0.472 e. The smallest absolute Gasteiger partial charge is 0.457 e. The first-order valence-corrected chi connectivity index (χ1v) is 30.2. The molecule has 0 aliphatic rings. The van der Waals surface area contributed by atoms with E-state index in [2.05, 4.69) is 26.0 Å². The Morgan fingerprint density at radius 2 is 0.773 bits per heavy atom. The first-order valence-electron chi connectivity index (χ1n) is 28.7. The van der Waals surface area contributed by atoms with Gasteiger partial charge in [0.25, 0.3) is 0 Å². The number of aliphatic hydroxyl groups is 2. The molecule has 0 saturated heterocycles. The van der Waals surface area contributed by atoms with Gasteiger partial charge in [0.2, 0.25) is 0 Å². The number of esters is 1. The first-order chi connectivity index (χ1) is 32.3. The highest BCUT2D eigenvalue weighted by atomic mass is 31.2. The molecule has 0 aromatic heterocycles. The van der Waals surface area contributed by atoms with E-state index in [0.29, 0.717) is 6.61 Å². The minimum atomic E-state index is -4.52. The molecule has 0 radical (unpaired) electrons. The summed E-state index contributed by atoms with van der Waals surface area (Å²) in [5.74, 6) is -0.374. The van der Waals surface area contributed by atoms with Crippen LogP contribution in [0.15, 0.2) is 12.2 Å². The molecular weight excluding hydrogens is 848 g/mol. The lowest BCUT2D eigenvalue weighted by Crippen LogP contribution is -2.29. The van der Waals surface area contributed by atoms with Crippen molar-refractivity contribution in [1.82, 2.24) is 0 Å². The number of carbonyl (C=O) groups is 1. The van der Waals surface area contributed by atoms with E-state index in [9.17, 15) is 19.4 Å². The summed E-state index contributed by atoms with van der Waals surface area (Å²) in [5, 5.41) is 18.5. The lowest BCUT2D eigenvalue weighted by atomic mass is 10.0. The second-order valence-electron chi connectivity index (χ2n) is 19.7. The monoisotopic (exact) mass is 959 g/mol. The molecule has 0 heterocycles. The Morgan fingerprint density at radius 1 is 0.455 bits per heavy atom. The molecule has 0 rings (SSSR count). The molecule has 0 spiro atoms. The molecule has 0 aliphatic carbocycles. The molecule has 3 unspecified atom stereocenters. The summed E-state index contributed by atoms with van der Waals surface area (Å²) in [7, 11) is -4.52. The Morgan fingerprint density at radius 3 is 1.14 bits per heavy atom. The summed E-state index contributed by atoms with van der Waals surface area (Å²) in [4.78, 5) is 22.8. The Kier molecular flexibility index (Phi) is 52.9. The topological polar surface area (TPSA) is 132 Å². The predicted octanol–water partition coefficient (Wildman–Crippen LogP) is 17.2. The third-order valence-corrected chi connectivity index (χ3v) is 13.9. The van der Waals surface area contributed by atoms with Gasteiger partial charge >= 0.3 is 13.8 Å². The number of unbranched alkanes of at least 4 members (excludes halogenated alkanes) is 40. The van der Waals surface area contributed by atoms with Crippen LogP contribution in [0.25, 0.3) is 0 Å². The molecule has 394 valence electrons. The highest BCUT2D eigenvalue weighted by Gasteiger charge is 2.26. The van der Waals surface area contributed by atoms with E-state index in [1.807, 2.05) is 0 Å². The van der Waals surface area contributed by atoms with E-state index >= 15 is 0 Å². The van der Waals surface area contributed by atoms with Crippen molar-refractivity contribution in [1.29, 1.82) is 0 Å². The fourth-order valence-corrected chi connectivity index (χ4v) is 9.38. The predicted molar refractivity (Wildman–Crippen MR) is 279 cm³/mol. The number of phosphoric acid groups is 1. The maximum absolute atomic E-state index is 12.7. The van der Waals surface area contributed by atoms with Gasteiger partial charge in [0.1, 0.15) is 12.2 Å². The minimum Gasteiger partial charge on any atom is -0.457 e. The first kappa shape index (κ1) is 65.2. The van der Waals surface area contributed by atoms with Crippen LogP contribution in [0.5, 0.6) is 0 Å². The van der Waals surface area contributed by atoms with Crippen molar-refractivity contribution in [3.8, 4) is 0 Å². The zero-order valence-corrected chi connectivity index (χ0v) is 44.6. The minimum absolute atomic E-state index is 0.0550. The second-order valence-corrected chi connectivity index (χ2v) is 21.1. The molecule has 3 N–H and O–H groups in total. The van der Waals surface area contributed by atoms with Crippen molar-refractivity contribution in [2.75, 3.05) is 33.0 Å². The van der Waals surface area contributed by atoms with Crippen molar-refractivity contribution < 1.29 is 43.0 Å². The average Bonchev–Trinajstić information content (AvgIpc) is 3.31. The standard InChI is InChI=1S/C56H111O9P/c1-3-5-7-9-11-13-15-17-19-21-23-25-27-28-30-32-34-36-38-40-42-44-46-48-56(59)65-55(53-64-66(60,61)63-51-54(58)50-57)52-62-49-47-45-43-41-39-37-35-33-31-29-26-24-22-20-18-16-14-12-10-8-6-4-2/h22,24,54-55,57-58H,3-21,23,25-53H2,1-2H3,(H,60,61)/b24-22-. The molecule has 0 bridgehead atoms. The normalized spacial score (nSPS) is 13.7. The number of hydrogen-bond donors (Lipinski definition) is 3. The molecule has 66 heavy (non-hydrogen) atoms. The maximum atomic E-state index is 12.7. The fourth-order valence-electron chi connectivity index (χ4n) is 8.59. The zero-order valence-electron chi connectivity index (χ0n) is 43.7. The highest BCUT2D eigenvalue weighted by Crippen LogP contribution is 2.43. The summed E-state index contributed by atoms with van der Waals surface area (Å²) in [5.41, 5.74) is 0. The molecule has 0 amide bonds. The number of phosphoric ester groups is 1. The van der Waals surface area contributed by atoms with Crippen molar-refractivity contribution >= 4 is 13.8 Å². The molecule has 10 heteroatoms. The van der Waals surface area contributed by atoms with E-state index in [1.54, 1.807) is 0 Å². The van der Waals surface area contributed by atoms with Crippen LogP contribution in [0.4, 0.5) is 0 Å². The number of aliphatic hydroxyl groups excluding tert-OH is 2. The van der Waals surface area contributed by atoms with Gasteiger partial charge in [-0.1, -0.05) is 264 Å². The van der Waals surface area contributed by atoms with E-state index in [4.69, 9.17) is 23.6 Å². The maximum Gasteiger partial charge on any atom is 0.472 e. The molecule has 0 aliphatic heterocycles. The van der Waals surface area contributed by atoms with Gasteiger partial charge in [-0.05, 0) is 38.5 Å². The Balaban J connectivity index is 3.97. The third kappa shape index (κ3) is 52.6. The van der Waals surface area contributed by atoms with E-state index in [0.717, 1.165) is 32.1 Å². The van der Waals surface area contributed by atoms with Crippen LogP contribution in [0.1, 0.15) is 296 Å². The summed E-state index contributed by atoms with van der Waals surface area (Å²) >= 11 is 0. The van der Waals surface area contributed by atoms with Crippen molar-refractivity contribution in [3.63, 3.8) is 0 Å². The Labute approximate surface area is 409 Å². The van der Waals surface area contributed by atoms with Crippen LogP contribution in [-0.2, 0) is 27.9 Å². The fraction of sp³-hybridized carbons (Fsp3) is 0.946. The lowest BCUT2D eigenvalue weighted by Gasteiger charge is -2.20. The Hall–Kier alpha value is -0.800. The van der Waals surface area contributed by atoms with Crippen molar-refractivity contribution in [2.45, 2.75) is 309 Å². The average molecular weight is 959 g/mol. The van der Waals surface area contributed by atoms with Gasteiger partial charge in [-0.25, -0.2) is 4.57 Å². The van der Waals surface area contributed by atoms with Crippen LogP contribution >= 0.6 is 7.82 Å². The second kappa shape index (κ2) is 53.5. The lowest BCUT2D eigenvalue weighted by molar-refractivity contribution is -0.154. The van der Waals surface area contributed by atoms with Gasteiger partial charge in [-0.3, -0.25) is 13.8 Å². The quantitative estimate of drug-likeness (QED) is 0.0236.